The number of nitrogens with zero attached hydrogens (tertiary/aromatic N) is 4. The van der Waals surface area contributed by atoms with Crippen LogP contribution in [0.4, 0.5) is 5.69 Å². The number of anilines is 1. The fourth-order valence-electron chi connectivity index (χ4n) is 4.99. The van der Waals surface area contributed by atoms with Crippen molar-refractivity contribution in [2.24, 2.45) is 0 Å². The van der Waals surface area contributed by atoms with E-state index in [1.165, 1.54) is 12.0 Å². The standard InChI is InChI=1S/C29H37N5O3/c1-20(2)29-30-27(31-32-29)18-28(35)34-15-14-33(19-23(34)16-21-8-5-4-6-9-21)22-12-13-25(36-3)26(17-22)37-24-10-7-11-24/h4-6,8-9,12-13,17,20,23-24H,7,10-11,14-16,18-19H2,1-3H3,(H,30,31,32)/t23-/m0/s1. The molecule has 0 unspecified atom stereocenters. The molecule has 1 aliphatic carbocycles. The maximum absolute atomic E-state index is 13.5. The van der Waals surface area contributed by atoms with Crippen LogP contribution in [0.15, 0.2) is 48.5 Å². The quantitative estimate of drug-likeness (QED) is 0.467. The molecule has 0 radical (unpaired) electrons. The van der Waals surface area contributed by atoms with Gasteiger partial charge in [0, 0.05) is 37.3 Å². The lowest BCUT2D eigenvalue weighted by Gasteiger charge is -2.43. The molecule has 196 valence electrons. The second kappa shape index (κ2) is 11.2. The number of H-pyrrole nitrogens is 1. The Morgan fingerprint density at radius 3 is 2.59 bits per heavy atom. The van der Waals surface area contributed by atoms with Gasteiger partial charge in [0.15, 0.2) is 17.3 Å². The van der Waals surface area contributed by atoms with Crippen LogP contribution < -0.4 is 14.4 Å². The van der Waals surface area contributed by atoms with Crippen LogP contribution in [0, 0.1) is 0 Å². The minimum absolute atomic E-state index is 0.0363. The van der Waals surface area contributed by atoms with Crippen molar-refractivity contribution in [1.82, 2.24) is 20.1 Å². The van der Waals surface area contributed by atoms with Crippen LogP contribution in [0.2, 0.25) is 0 Å². The molecule has 2 aromatic carbocycles. The first kappa shape index (κ1) is 25.1. The maximum Gasteiger partial charge on any atom is 0.230 e. The van der Waals surface area contributed by atoms with E-state index < -0.39 is 0 Å². The highest BCUT2D eigenvalue weighted by Crippen LogP contribution is 2.36. The lowest BCUT2D eigenvalue weighted by Crippen LogP contribution is -2.56. The van der Waals surface area contributed by atoms with Crippen molar-refractivity contribution >= 4 is 11.6 Å². The first-order chi connectivity index (χ1) is 18.0. The van der Waals surface area contributed by atoms with E-state index in [1.807, 2.05) is 30.9 Å². The number of aromatic amines is 1. The van der Waals surface area contributed by atoms with Gasteiger partial charge in [0.05, 0.1) is 25.7 Å². The fourth-order valence-corrected chi connectivity index (χ4v) is 4.99. The Bertz CT molecular complexity index is 1190. The molecule has 1 saturated carbocycles. The van der Waals surface area contributed by atoms with Gasteiger partial charge in [-0.1, -0.05) is 44.2 Å². The summed E-state index contributed by atoms with van der Waals surface area (Å²) in [7, 11) is 1.68. The van der Waals surface area contributed by atoms with E-state index in [0.29, 0.717) is 12.4 Å². The monoisotopic (exact) mass is 503 g/mol. The number of nitrogens with one attached hydrogen (secondary N) is 1. The third-order valence-electron chi connectivity index (χ3n) is 7.36. The summed E-state index contributed by atoms with van der Waals surface area (Å²) in [6, 6.07) is 16.6. The van der Waals surface area contributed by atoms with Gasteiger partial charge in [0.25, 0.3) is 0 Å². The maximum atomic E-state index is 13.5. The van der Waals surface area contributed by atoms with E-state index in [4.69, 9.17) is 9.47 Å². The zero-order valence-electron chi connectivity index (χ0n) is 22.0. The van der Waals surface area contributed by atoms with E-state index in [2.05, 4.69) is 56.5 Å². The van der Waals surface area contributed by atoms with E-state index in [9.17, 15) is 4.79 Å². The van der Waals surface area contributed by atoms with Gasteiger partial charge in [-0.2, -0.15) is 5.10 Å². The van der Waals surface area contributed by atoms with Crippen LogP contribution in [0.1, 0.15) is 56.2 Å². The molecule has 2 aliphatic rings. The topological polar surface area (TPSA) is 83.6 Å². The van der Waals surface area contributed by atoms with Crippen molar-refractivity contribution in [3.63, 3.8) is 0 Å². The number of rotatable bonds is 9. The van der Waals surface area contributed by atoms with Crippen molar-refractivity contribution in [3.05, 3.63) is 65.7 Å². The summed E-state index contributed by atoms with van der Waals surface area (Å²) in [5.41, 5.74) is 2.31. The van der Waals surface area contributed by atoms with Gasteiger partial charge in [-0.05, 0) is 43.4 Å². The molecule has 3 aromatic rings. The number of amides is 1. The molecule has 2 heterocycles. The highest BCUT2D eigenvalue weighted by Gasteiger charge is 2.32. The predicted octanol–water partition coefficient (Wildman–Crippen LogP) is 4.37. The summed E-state index contributed by atoms with van der Waals surface area (Å²) in [5, 5.41) is 7.22. The number of hydrogen-bond acceptors (Lipinski definition) is 6. The van der Waals surface area contributed by atoms with E-state index in [0.717, 1.165) is 55.4 Å². The molecule has 1 atom stereocenters. The number of piperazine rings is 1. The minimum Gasteiger partial charge on any atom is -0.493 e. The van der Waals surface area contributed by atoms with E-state index >= 15 is 0 Å². The summed E-state index contributed by atoms with van der Waals surface area (Å²) in [5.74, 6) is 3.23. The molecule has 8 nitrogen and oxygen atoms in total. The lowest BCUT2D eigenvalue weighted by molar-refractivity contribution is -0.133. The average molecular weight is 504 g/mol. The first-order valence-electron chi connectivity index (χ1n) is 13.3. The van der Waals surface area contributed by atoms with Gasteiger partial charge in [-0.15, -0.1) is 0 Å². The normalized spacial score (nSPS) is 18.1. The Morgan fingerprint density at radius 1 is 1.11 bits per heavy atom. The number of hydrogen-bond donors (Lipinski definition) is 1. The predicted molar refractivity (Wildman–Crippen MR) is 143 cm³/mol. The van der Waals surface area contributed by atoms with Crippen LogP contribution in [0.3, 0.4) is 0 Å². The molecule has 2 fully saturated rings. The third kappa shape index (κ3) is 5.89. The molecule has 8 heteroatoms. The second-order valence-electron chi connectivity index (χ2n) is 10.4. The zero-order valence-corrected chi connectivity index (χ0v) is 22.0. The summed E-state index contributed by atoms with van der Waals surface area (Å²) < 4.78 is 11.8. The number of benzene rings is 2. The van der Waals surface area contributed by atoms with Gasteiger partial charge in [0.1, 0.15) is 5.82 Å². The largest absolute Gasteiger partial charge is 0.493 e. The second-order valence-corrected chi connectivity index (χ2v) is 10.4. The highest BCUT2D eigenvalue weighted by molar-refractivity contribution is 5.79. The molecule has 0 spiro atoms. The molecule has 1 aromatic heterocycles. The van der Waals surface area contributed by atoms with E-state index in [1.54, 1.807) is 7.11 Å². The summed E-state index contributed by atoms with van der Waals surface area (Å²) in [6.45, 7) is 6.23. The minimum atomic E-state index is 0.0363. The Hall–Kier alpha value is -3.55. The fraction of sp³-hybridized carbons (Fsp3) is 0.483. The molecule has 5 rings (SSSR count). The van der Waals surface area contributed by atoms with Gasteiger partial charge < -0.3 is 19.3 Å². The summed E-state index contributed by atoms with van der Waals surface area (Å²) in [6.07, 6.45) is 4.70. The molecule has 1 amide bonds. The molecular formula is C29H37N5O3. The van der Waals surface area contributed by atoms with Gasteiger partial charge in [0.2, 0.25) is 5.91 Å². The molecule has 1 saturated heterocycles. The molecule has 0 bridgehead atoms. The van der Waals surface area contributed by atoms with Gasteiger partial charge >= 0.3 is 0 Å². The van der Waals surface area contributed by atoms with Crippen LogP contribution in [-0.2, 0) is 17.6 Å². The third-order valence-corrected chi connectivity index (χ3v) is 7.36. The van der Waals surface area contributed by atoms with Gasteiger partial charge in [-0.3, -0.25) is 9.89 Å². The molecule has 1 aliphatic heterocycles. The van der Waals surface area contributed by atoms with Gasteiger partial charge in [-0.25, -0.2) is 4.98 Å². The number of aromatic nitrogens is 3. The average Bonchev–Trinajstić information content (AvgIpc) is 3.35. The number of ether oxygens (including phenoxy) is 2. The van der Waals surface area contributed by atoms with Crippen molar-refractivity contribution in [1.29, 1.82) is 0 Å². The molecule has 1 N–H and O–H groups in total. The first-order valence-corrected chi connectivity index (χ1v) is 13.3. The Labute approximate surface area is 219 Å². The van der Waals surface area contributed by atoms with E-state index in [-0.39, 0.29) is 30.4 Å². The Balaban J connectivity index is 1.34. The number of carbonyl (C=O) groups excluding carboxylic acids is 1. The van der Waals surface area contributed by atoms with Crippen LogP contribution >= 0.6 is 0 Å². The molecule has 37 heavy (non-hydrogen) atoms. The summed E-state index contributed by atoms with van der Waals surface area (Å²) in [4.78, 5) is 22.4. The smallest absolute Gasteiger partial charge is 0.230 e. The lowest BCUT2D eigenvalue weighted by atomic mass is 9.96. The highest BCUT2D eigenvalue weighted by atomic mass is 16.5. The number of carbonyl (C=O) groups is 1. The van der Waals surface area contributed by atoms with Crippen molar-refractivity contribution in [2.45, 2.75) is 64.0 Å². The van der Waals surface area contributed by atoms with Crippen molar-refractivity contribution < 1.29 is 14.3 Å². The van der Waals surface area contributed by atoms with Crippen molar-refractivity contribution in [3.8, 4) is 11.5 Å². The Kier molecular flexibility index (Phi) is 7.63. The van der Waals surface area contributed by atoms with Crippen LogP contribution in [0.25, 0.3) is 0 Å². The SMILES string of the molecule is COc1ccc(N2CCN(C(=O)Cc3nc(C(C)C)n[nH]3)[C@@H](Cc3ccccc3)C2)cc1OC1CCC1. The van der Waals surface area contributed by atoms with Crippen LogP contribution in [-0.4, -0.2) is 64.9 Å². The zero-order chi connectivity index (χ0) is 25.8. The van der Waals surface area contributed by atoms with Crippen molar-refractivity contribution in [2.75, 3.05) is 31.6 Å². The molecular weight excluding hydrogens is 466 g/mol. The summed E-state index contributed by atoms with van der Waals surface area (Å²) >= 11 is 0. The Morgan fingerprint density at radius 2 is 1.92 bits per heavy atom. The van der Waals surface area contributed by atoms with Crippen LogP contribution in [0.5, 0.6) is 11.5 Å². The number of methoxy groups -OCH3 is 1.